The molecule has 0 radical (unpaired) electrons. The van der Waals surface area contributed by atoms with Gasteiger partial charge in [0.25, 0.3) is 5.69 Å². The molecule has 1 heterocycles. The van der Waals surface area contributed by atoms with Gasteiger partial charge in [0.05, 0.1) is 11.5 Å². The number of nitro groups is 1. The van der Waals surface area contributed by atoms with Crippen LogP contribution in [0.15, 0.2) is 24.3 Å². The van der Waals surface area contributed by atoms with Crippen molar-refractivity contribution in [3.8, 4) is 5.75 Å². The average molecular weight is 518 g/mol. The summed E-state index contributed by atoms with van der Waals surface area (Å²) in [6, 6.07) is 5.81. The van der Waals surface area contributed by atoms with Crippen LogP contribution in [0.1, 0.15) is 0 Å². The van der Waals surface area contributed by atoms with Gasteiger partial charge < -0.3 is 27.9 Å². The molecule has 0 saturated carbocycles. The van der Waals surface area contributed by atoms with Crippen LogP contribution in [-0.4, -0.2) is 72.3 Å². The summed E-state index contributed by atoms with van der Waals surface area (Å²) < 4.78 is 32.0. The lowest BCUT2D eigenvalue weighted by atomic mass is 9.99. The van der Waals surface area contributed by atoms with E-state index in [1.807, 2.05) is 0 Å². The molecule has 0 spiro atoms. The van der Waals surface area contributed by atoms with Gasteiger partial charge in [-0.05, 0) is 71.1 Å². The maximum atomic E-state index is 11.0. The van der Waals surface area contributed by atoms with Crippen LogP contribution in [0.3, 0.4) is 0 Å². The second kappa shape index (κ2) is 10.6. The van der Waals surface area contributed by atoms with E-state index in [9.17, 15) is 15.2 Å². The molecule has 1 fully saturated rings. The number of non-ortho nitro benzene ring substituents is 1. The van der Waals surface area contributed by atoms with Crippen LogP contribution < -0.4 is 4.74 Å². The van der Waals surface area contributed by atoms with Gasteiger partial charge in [-0.2, -0.15) is 0 Å². The van der Waals surface area contributed by atoms with Crippen molar-refractivity contribution in [2.45, 2.75) is 89.6 Å². The van der Waals surface area contributed by atoms with Crippen molar-refractivity contribution < 1.29 is 32.8 Å². The number of aliphatic hydroxyl groups excluding tert-OH is 1. The molecule has 1 aliphatic rings. The first kappa shape index (κ1) is 28.1. The number of nitrogens with zero attached hydrogens (tertiary/aromatic N) is 1. The van der Waals surface area contributed by atoms with Gasteiger partial charge in [-0.25, -0.2) is 0 Å². The Labute approximate surface area is 199 Å². The van der Waals surface area contributed by atoms with Crippen LogP contribution in [0.5, 0.6) is 5.75 Å². The summed E-state index contributed by atoms with van der Waals surface area (Å²) in [5.74, 6) is 0.405. The number of aliphatic hydroxyl groups is 1. The number of nitro benzene ring substituents is 1. The van der Waals surface area contributed by atoms with E-state index in [1.165, 1.54) is 24.3 Å². The first-order valence-electron chi connectivity index (χ1n) is 11.2. The zero-order valence-electron chi connectivity index (χ0n) is 21.2. The maximum absolute atomic E-state index is 11.0. The molecule has 0 unspecified atom stereocenters. The first-order valence-corrected chi connectivity index (χ1v) is 21.4. The fourth-order valence-corrected chi connectivity index (χ4v) is 6.78. The van der Waals surface area contributed by atoms with Gasteiger partial charge in [0.2, 0.25) is 6.29 Å². The molecule has 9 nitrogen and oxygen atoms in total. The fraction of sp³-hybridized carbons (Fsp3) is 0.714. The number of hydrogen-bond acceptors (Lipinski definition) is 8. The van der Waals surface area contributed by atoms with Crippen molar-refractivity contribution in [3.05, 3.63) is 34.4 Å². The molecule has 1 saturated heterocycles. The average Bonchev–Trinajstić information content (AvgIpc) is 2.63. The summed E-state index contributed by atoms with van der Waals surface area (Å²) in [6.45, 7) is 18.5. The van der Waals surface area contributed by atoms with Gasteiger partial charge in [-0.3, -0.25) is 10.1 Å². The van der Waals surface area contributed by atoms with E-state index in [4.69, 9.17) is 22.8 Å². The van der Waals surface area contributed by atoms with E-state index in [0.29, 0.717) is 5.75 Å². The van der Waals surface area contributed by atoms with Crippen molar-refractivity contribution >= 4 is 30.6 Å². The van der Waals surface area contributed by atoms with Crippen molar-refractivity contribution in [3.63, 3.8) is 0 Å². The molecular formula is C21H39NO8Si3. The first-order chi connectivity index (χ1) is 15.0. The lowest BCUT2D eigenvalue weighted by Crippen LogP contribution is -2.66. The quantitative estimate of drug-likeness (QED) is 0.277. The molecule has 33 heavy (non-hydrogen) atoms. The highest BCUT2D eigenvalue weighted by Gasteiger charge is 2.52. The summed E-state index contributed by atoms with van der Waals surface area (Å²) in [4.78, 5) is 10.5. The Kier molecular flexibility index (Phi) is 9.07. The van der Waals surface area contributed by atoms with E-state index in [1.54, 1.807) is 0 Å². The lowest BCUT2D eigenvalue weighted by molar-refractivity contribution is -0.384. The van der Waals surface area contributed by atoms with Crippen LogP contribution in [0.4, 0.5) is 5.69 Å². The number of hydrogen-bond donors (Lipinski definition) is 1. The lowest BCUT2D eigenvalue weighted by Gasteiger charge is -2.50. The van der Waals surface area contributed by atoms with E-state index in [0.717, 1.165) is 0 Å². The smallest absolute Gasteiger partial charge is 0.269 e. The SMILES string of the molecule is C[Si](C)(C)O[C@@H]1[C@H](O[Si](C)(C)C)[C@@H](Oc2ccc([N+](=O)[O-])cc2)O[C@H](CO)[C@H]1O[Si](C)(C)C. The monoisotopic (exact) mass is 517 g/mol. The van der Waals surface area contributed by atoms with Gasteiger partial charge in [0.1, 0.15) is 30.2 Å². The van der Waals surface area contributed by atoms with Gasteiger partial charge in [-0.15, -0.1) is 0 Å². The van der Waals surface area contributed by atoms with Crippen LogP contribution >= 0.6 is 0 Å². The molecule has 1 aliphatic heterocycles. The normalized spacial score (nSPS) is 26.8. The minimum atomic E-state index is -2.09. The summed E-state index contributed by atoms with van der Waals surface area (Å²) in [7, 11) is -6.17. The van der Waals surface area contributed by atoms with Gasteiger partial charge >= 0.3 is 0 Å². The molecule has 0 bridgehead atoms. The maximum Gasteiger partial charge on any atom is 0.269 e. The topological polar surface area (TPSA) is 110 Å². The Bertz CT molecular complexity index is 789. The third kappa shape index (κ3) is 8.87. The highest BCUT2D eigenvalue weighted by atomic mass is 28.4. The van der Waals surface area contributed by atoms with Crippen LogP contribution in [0, 0.1) is 10.1 Å². The van der Waals surface area contributed by atoms with Crippen LogP contribution in [0.2, 0.25) is 58.9 Å². The molecule has 0 amide bonds. The minimum absolute atomic E-state index is 0.0291. The second-order valence-corrected chi connectivity index (χ2v) is 24.6. The van der Waals surface area contributed by atoms with E-state index in [-0.39, 0.29) is 12.3 Å². The third-order valence-electron chi connectivity index (χ3n) is 4.54. The van der Waals surface area contributed by atoms with E-state index >= 15 is 0 Å². The molecule has 0 aromatic heterocycles. The molecule has 1 N–H and O–H groups in total. The van der Waals surface area contributed by atoms with E-state index < -0.39 is 60.6 Å². The highest BCUT2D eigenvalue weighted by Crippen LogP contribution is 2.34. The number of benzene rings is 1. The Morgan fingerprint density at radius 1 is 0.848 bits per heavy atom. The molecule has 2 rings (SSSR count). The molecule has 0 aliphatic carbocycles. The van der Waals surface area contributed by atoms with Crippen LogP contribution in [-0.2, 0) is 18.0 Å². The van der Waals surface area contributed by atoms with Crippen molar-refractivity contribution in [1.82, 2.24) is 0 Å². The Morgan fingerprint density at radius 3 is 1.73 bits per heavy atom. The van der Waals surface area contributed by atoms with Gasteiger partial charge in [-0.1, -0.05) is 0 Å². The second-order valence-electron chi connectivity index (χ2n) is 11.2. The Morgan fingerprint density at radius 2 is 1.30 bits per heavy atom. The summed E-state index contributed by atoms with van der Waals surface area (Å²) in [5, 5.41) is 21.2. The Hall–Kier alpha value is -1.13. The summed E-state index contributed by atoms with van der Waals surface area (Å²) in [6.07, 6.45) is -3.14. The summed E-state index contributed by atoms with van der Waals surface area (Å²) in [5.41, 5.74) is -0.0291. The molecule has 188 valence electrons. The van der Waals surface area contributed by atoms with Crippen LogP contribution in [0.25, 0.3) is 0 Å². The fourth-order valence-electron chi connectivity index (χ4n) is 3.53. The molecular weight excluding hydrogens is 478 g/mol. The minimum Gasteiger partial charge on any atom is -0.462 e. The Balaban J connectivity index is 2.47. The highest BCUT2D eigenvalue weighted by molar-refractivity contribution is 6.70. The van der Waals surface area contributed by atoms with Crippen molar-refractivity contribution in [2.24, 2.45) is 0 Å². The zero-order chi connectivity index (χ0) is 25.2. The molecule has 1 aromatic carbocycles. The predicted octanol–water partition coefficient (Wildman–Crippen LogP) is 4.35. The molecule has 5 atom stereocenters. The molecule has 12 heteroatoms. The standard InChI is InChI=1S/C21H39NO8Si3/c1-31(2,3)28-18-17(14-23)27-21(26-16-12-10-15(11-13-16)22(24)25)20(30-33(7,8)9)19(18)29-32(4,5)6/h10-13,17-21,23H,14H2,1-9H3/t17-,18-,19+,20+,21+/m1/s1. The van der Waals surface area contributed by atoms with E-state index in [2.05, 4.69) is 58.9 Å². The van der Waals surface area contributed by atoms with Gasteiger partial charge in [0, 0.05) is 12.1 Å². The molecule has 1 aromatic rings. The van der Waals surface area contributed by atoms with Crippen molar-refractivity contribution in [1.29, 1.82) is 0 Å². The number of ether oxygens (including phenoxy) is 2. The van der Waals surface area contributed by atoms with Gasteiger partial charge in [0.15, 0.2) is 25.0 Å². The number of rotatable bonds is 10. The predicted molar refractivity (Wildman–Crippen MR) is 134 cm³/mol. The van der Waals surface area contributed by atoms with Crippen molar-refractivity contribution in [2.75, 3.05) is 6.61 Å². The summed E-state index contributed by atoms with van der Waals surface area (Å²) >= 11 is 0. The largest absolute Gasteiger partial charge is 0.462 e. The third-order valence-corrected chi connectivity index (χ3v) is 7.48. The zero-order valence-corrected chi connectivity index (χ0v) is 24.2.